The van der Waals surface area contributed by atoms with Gasteiger partial charge >= 0.3 is 12.0 Å². The molecule has 2 aliphatic heterocycles. The lowest BCUT2D eigenvalue weighted by Gasteiger charge is -2.39. The minimum atomic E-state index is -1.23. The summed E-state index contributed by atoms with van der Waals surface area (Å²) in [5.41, 5.74) is 0.131. The monoisotopic (exact) mass is 622 g/mol. The number of halogens is 1. The smallest absolute Gasteiger partial charge is 0.341 e. The fraction of sp³-hybridized carbons (Fsp3) is 0.375. The first-order valence-corrected chi connectivity index (χ1v) is 14.7. The number of carboxylic acids is 1. The van der Waals surface area contributed by atoms with Gasteiger partial charge in [-0.1, -0.05) is 23.7 Å². The van der Waals surface area contributed by atoms with Crippen LogP contribution >= 0.6 is 11.6 Å². The Morgan fingerprint density at radius 1 is 1.09 bits per heavy atom. The molecule has 4 aromatic rings. The van der Waals surface area contributed by atoms with Crippen molar-refractivity contribution in [2.75, 3.05) is 13.4 Å². The van der Waals surface area contributed by atoms with E-state index in [-0.39, 0.29) is 23.9 Å². The van der Waals surface area contributed by atoms with Crippen molar-refractivity contribution in [1.82, 2.24) is 19.0 Å². The number of hydrogen-bond acceptors (Lipinski definition) is 7. The first-order chi connectivity index (χ1) is 20.9. The Morgan fingerprint density at radius 3 is 2.43 bits per heavy atom. The van der Waals surface area contributed by atoms with Crippen molar-refractivity contribution < 1.29 is 28.9 Å². The molecular formula is C32H35ClN4O7. The second-order valence-electron chi connectivity index (χ2n) is 11.5. The molecule has 44 heavy (non-hydrogen) atoms. The average molecular weight is 623 g/mol. The number of amides is 1. The van der Waals surface area contributed by atoms with Gasteiger partial charge in [0.25, 0.3) is 0 Å². The average Bonchev–Trinajstić information content (AvgIpc) is 3.74. The molecule has 1 N–H and O–H groups in total. The lowest BCUT2D eigenvalue weighted by atomic mass is 9.99. The van der Waals surface area contributed by atoms with Gasteiger partial charge in [0.2, 0.25) is 12.2 Å². The molecule has 4 heterocycles. The van der Waals surface area contributed by atoms with E-state index in [1.54, 1.807) is 29.1 Å². The molecule has 1 fully saturated rings. The molecule has 2 aromatic heterocycles. The number of aromatic nitrogens is 3. The summed E-state index contributed by atoms with van der Waals surface area (Å²) in [6, 6.07) is 11.0. The van der Waals surface area contributed by atoms with Crippen molar-refractivity contribution in [3.05, 3.63) is 87.7 Å². The Balaban J connectivity index is 0.000000181. The van der Waals surface area contributed by atoms with Gasteiger partial charge in [0.05, 0.1) is 23.0 Å². The van der Waals surface area contributed by atoms with Crippen LogP contribution in [-0.4, -0.2) is 60.8 Å². The van der Waals surface area contributed by atoms with Crippen LogP contribution in [0.4, 0.5) is 4.79 Å². The highest BCUT2D eigenvalue weighted by molar-refractivity contribution is 6.30. The lowest BCUT2D eigenvalue weighted by Crippen LogP contribution is -2.55. The van der Waals surface area contributed by atoms with Crippen LogP contribution in [0.25, 0.3) is 10.9 Å². The topological polar surface area (TPSA) is 125 Å². The summed E-state index contributed by atoms with van der Waals surface area (Å²) in [5.74, 6) is -0.196. The van der Waals surface area contributed by atoms with Gasteiger partial charge in [-0.25, -0.2) is 14.6 Å². The van der Waals surface area contributed by atoms with Crippen LogP contribution in [0.3, 0.4) is 0 Å². The molecule has 0 spiro atoms. The number of pyridine rings is 1. The Labute approximate surface area is 259 Å². The van der Waals surface area contributed by atoms with Crippen LogP contribution in [-0.2, 0) is 17.7 Å². The second-order valence-corrected chi connectivity index (χ2v) is 12.0. The molecule has 1 atom stereocenters. The van der Waals surface area contributed by atoms with Crippen molar-refractivity contribution >= 4 is 34.5 Å². The van der Waals surface area contributed by atoms with E-state index < -0.39 is 17.1 Å². The largest absolute Gasteiger partial charge is 0.477 e. The molecule has 1 saturated heterocycles. The zero-order chi connectivity index (χ0) is 31.6. The fourth-order valence-electron chi connectivity index (χ4n) is 5.70. The summed E-state index contributed by atoms with van der Waals surface area (Å²) in [6.45, 7) is 9.12. The van der Waals surface area contributed by atoms with E-state index in [1.165, 1.54) is 22.7 Å². The summed E-state index contributed by atoms with van der Waals surface area (Å²) < 4.78 is 19.8. The molecule has 232 valence electrons. The molecular weight excluding hydrogens is 588 g/mol. The number of carboxylic acid groups (broad SMARTS) is 1. The molecule has 0 bridgehead atoms. The molecule has 1 amide bonds. The SMILES string of the molecule is CC1(C)COC(C)(CCCc2ccc(Cl)cc2)N1C(=O)n1ccnc1.CCn1cc(C(=O)O)c(=O)c2cc3c(cc21)OCO3. The number of carbonyl (C=O) groups is 2. The van der Waals surface area contributed by atoms with Crippen LogP contribution in [0.15, 0.2) is 66.1 Å². The van der Waals surface area contributed by atoms with E-state index in [4.69, 9.17) is 30.9 Å². The molecule has 2 aromatic carbocycles. The Bertz CT molecular complexity index is 1730. The predicted molar refractivity (Wildman–Crippen MR) is 165 cm³/mol. The summed E-state index contributed by atoms with van der Waals surface area (Å²) in [7, 11) is 0. The Hall–Kier alpha value is -4.35. The van der Waals surface area contributed by atoms with Crippen LogP contribution in [0, 0.1) is 0 Å². The van der Waals surface area contributed by atoms with Crippen LogP contribution < -0.4 is 14.9 Å². The summed E-state index contributed by atoms with van der Waals surface area (Å²) in [5, 5.41) is 10.1. The zero-order valence-corrected chi connectivity index (χ0v) is 25.8. The number of rotatable bonds is 6. The normalized spacial score (nSPS) is 18.2. The van der Waals surface area contributed by atoms with E-state index in [2.05, 4.69) is 4.98 Å². The van der Waals surface area contributed by atoms with E-state index in [0.717, 1.165) is 24.3 Å². The summed E-state index contributed by atoms with van der Waals surface area (Å²) >= 11 is 5.93. The number of ether oxygens (including phenoxy) is 3. The van der Waals surface area contributed by atoms with Gasteiger partial charge in [0, 0.05) is 36.2 Å². The van der Waals surface area contributed by atoms with Crippen molar-refractivity contribution in [1.29, 1.82) is 0 Å². The number of nitrogens with zero attached hydrogens (tertiary/aromatic N) is 4. The molecule has 2 aliphatic rings. The van der Waals surface area contributed by atoms with Crippen LogP contribution in [0.2, 0.25) is 5.02 Å². The van der Waals surface area contributed by atoms with Gasteiger partial charge in [-0.2, -0.15) is 0 Å². The summed E-state index contributed by atoms with van der Waals surface area (Å²) in [6.07, 6.45) is 8.77. The molecule has 0 radical (unpaired) electrons. The Kier molecular flexibility index (Phi) is 8.71. The van der Waals surface area contributed by atoms with Gasteiger partial charge in [0.1, 0.15) is 17.6 Å². The first-order valence-electron chi connectivity index (χ1n) is 14.3. The van der Waals surface area contributed by atoms with Crippen LogP contribution in [0.5, 0.6) is 11.5 Å². The highest BCUT2D eigenvalue weighted by Gasteiger charge is 2.51. The van der Waals surface area contributed by atoms with E-state index >= 15 is 0 Å². The maximum Gasteiger partial charge on any atom is 0.341 e. The van der Waals surface area contributed by atoms with Gasteiger partial charge in [-0.05, 0) is 70.7 Å². The van der Waals surface area contributed by atoms with E-state index in [1.807, 2.05) is 56.9 Å². The molecule has 11 nitrogen and oxygen atoms in total. The number of carbonyl (C=O) groups excluding carboxylic acids is 1. The van der Waals surface area contributed by atoms with Crippen molar-refractivity contribution in [2.24, 2.45) is 0 Å². The van der Waals surface area contributed by atoms with Crippen molar-refractivity contribution in [3.8, 4) is 11.5 Å². The number of imidazole rings is 1. The van der Waals surface area contributed by atoms with Crippen molar-refractivity contribution in [2.45, 2.75) is 64.8 Å². The number of aryl methyl sites for hydroxylation is 2. The zero-order valence-electron chi connectivity index (χ0n) is 25.1. The van der Waals surface area contributed by atoms with Gasteiger partial charge in [-0.3, -0.25) is 14.3 Å². The van der Waals surface area contributed by atoms with Gasteiger partial charge in [0.15, 0.2) is 11.5 Å². The van der Waals surface area contributed by atoms with Crippen molar-refractivity contribution in [3.63, 3.8) is 0 Å². The second kappa shape index (κ2) is 12.3. The third-order valence-electron chi connectivity index (χ3n) is 7.90. The van der Waals surface area contributed by atoms with Crippen LogP contribution in [0.1, 0.15) is 56.5 Å². The number of hydrogen-bond donors (Lipinski definition) is 1. The summed E-state index contributed by atoms with van der Waals surface area (Å²) in [4.78, 5) is 42.0. The minimum absolute atomic E-state index is 0.103. The number of aromatic carboxylic acids is 1. The maximum absolute atomic E-state index is 13.0. The molecule has 1 unspecified atom stereocenters. The third kappa shape index (κ3) is 6.15. The first kappa shape index (κ1) is 31.1. The molecule has 12 heteroatoms. The predicted octanol–water partition coefficient (Wildman–Crippen LogP) is 5.80. The number of fused-ring (bicyclic) bond motifs is 2. The maximum atomic E-state index is 13.0. The van der Waals surface area contributed by atoms with Gasteiger partial charge in [-0.15, -0.1) is 0 Å². The lowest BCUT2D eigenvalue weighted by molar-refractivity contribution is -0.0587. The number of benzene rings is 2. The van der Waals surface area contributed by atoms with Gasteiger partial charge < -0.3 is 23.9 Å². The highest BCUT2D eigenvalue weighted by atomic mass is 35.5. The van der Waals surface area contributed by atoms with E-state index in [0.29, 0.717) is 35.6 Å². The highest BCUT2D eigenvalue weighted by Crippen LogP contribution is 2.39. The Morgan fingerprint density at radius 2 is 1.80 bits per heavy atom. The third-order valence-corrected chi connectivity index (χ3v) is 8.15. The van der Waals surface area contributed by atoms with E-state index in [9.17, 15) is 14.4 Å². The minimum Gasteiger partial charge on any atom is -0.477 e. The molecule has 0 saturated carbocycles. The standard InChI is InChI=1S/C19H24ClN3O2.C13H11NO5/c1-18(2)13-25-19(3,23(18)17(24)22-12-11-21-14-22)10-4-5-15-6-8-16(20)9-7-15;1-2-14-5-8(13(16)17)12(15)7-3-10-11(4-9(7)14)19-6-18-10/h6-9,11-12,14H,4-5,10,13H2,1-3H3;3-5H,2,6H2,1H3,(H,16,17). The molecule has 0 aliphatic carbocycles. The quantitative estimate of drug-likeness (QED) is 0.286. The fourth-order valence-corrected chi connectivity index (χ4v) is 5.83. The molecule has 6 rings (SSSR count).